The summed E-state index contributed by atoms with van der Waals surface area (Å²) in [7, 11) is 0. The molecular weight excluding hydrogens is 349 g/mol. The Morgan fingerprint density at radius 3 is 1.92 bits per heavy atom. The van der Waals surface area contributed by atoms with Crippen LogP contribution in [0.4, 0.5) is 13.2 Å². The van der Waals surface area contributed by atoms with Crippen molar-refractivity contribution in [1.29, 1.82) is 0 Å². The number of amides is 1. The van der Waals surface area contributed by atoms with Gasteiger partial charge in [-0.3, -0.25) is 10.1 Å². The van der Waals surface area contributed by atoms with E-state index in [2.05, 4.69) is 5.32 Å². The van der Waals surface area contributed by atoms with Crippen molar-refractivity contribution in [2.24, 2.45) is 5.73 Å². The molecule has 0 radical (unpaired) electrons. The lowest BCUT2D eigenvalue weighted by Crippen LogP contribution is -2.45. The van der Waals surface area contributed by atoms with Gasteiger partial charge in [0, 0.05) is 4.90 Å². The quantitative estimate of drug-likeness (QED) is 0.754. The second kappa shape index (κ2) is 7.93. The summed E-state index contributed by atoms with van der Waals surface area (Å²) in [6.07, 6.45) is -2.56. The van der Waals surface area contributed by atoms with E-state index in [0.717, 1.165) is 16.0 Å². The first-order valence-electron chi connectivity index (χ1n) is 7.59. The van der Waals surface area contributed by atoms with Crippen LogP contribution >= 0.6 is 11.8 Å². The molecule has 0 aliphatic rings. The predicted molar refractivity (Wildman–Crippen MR) is 94.2 cm³/mol. The van der Waals surface area contributed by atoms with Gasteiger partial charge < -0.3 is 5.73 Å². The van der Waals surface area contributed by atoms with E-state index < -0.39 is 24.2 Å². The third-order valence-corrected chi connectivity index (χ3v) is 4.58. The van der Waals surface area contributed by atoms with Crippen LogP contribution in [0.3, 0.4) is 0 Å². The molecule has 3 N–H and O–H groups in total. The smallest absolute Gasteiger partial charge is 0.368 e. The number of thioether (sulfide) groups is 1. The summed E-state index contributed by atoms with van der Waals surface area (Å²) in [4.78, 5) is 12.2. The third-order valence-electron chi connectivity index (χ3n) is 3.84. The molecule has 0 saturated carbocycles. The highest BCUT2D eigenvalue weighted by molar-refractivity contribution is 7.98. The van der Waals surface area contributed by atoms with Crippen molar-refractivity contribution in [3.8, 4) is 11.1 Å². The van der Waals surface area contributed by atoms with Gasteiger partial charge in [-0.2, -0.15) is 13.2 Å². The first kappa shape index (κ1) is 19.3. The Bertz CT molecular complexity index is 715. The second-order valence-corrected chi connectivity index (χ2v) is 6.50. The van der Waals surface area contributed by atoms with Gasteiger partial charge in [0.05, 0.1) is 6.04 Å². The Morgan fingerprint density at radius 1 is 1.04 bits per heavy atom. The zero-order chi connectivity index (χ0) is 18.6. The van der Waals surface area contributed by atoms with Crippen molar-refractivity contribution < 1.29 is 18.0 Å². The molecule has 25 heavy (non-hydrogen) atoms. The summed E-state index contributed by atoms with van der Waals surface area (Å²) in [5.41, 5.74) is 6.83. The van der Waals surface area contributed by atoms with E-state index in [9.17, 15) is 18.0 Å². The molecule has 0 fully saturated rings. The van der Waals surface area contributed by atoms with Crippen LogP contribution < -0.4 is 11.1 Å². The van der Waals surface area contributed by atoms with Crippen molar-refractivity contribution >= 4 is 17.7 Å². The van der Waals surface area contributed by atoms with Gasteiger partial charge in [0.25, 0.3) is 0 Å². The second-order valence-electron chi connectivity index (χ2n) is 5.62. The summed E-state index contributed by atoms with van der Waals surface area (Å²) < 4.78 is 40.0. The summed E-state index contributed by atoms with van der Waals surface area (Å²) in [5.74, 6) is -0.834. The van der Waals surface area contributed by atoms with Crippen LogP contribution in [0.15, 0.2) is 53.4 Å². The molecule has 3 nitrogen and oxygen atoms in total. The van der Waals surface area contributed by atoms with Crippen LogP contribution in [0.2, 0.25) is 0 Å². The van der Waals surface area contributed by atoms with Crippen LogP contribution in [0.1, 0.15) is 18.5 Å². The monoisotopic (exact) mass is 368 g/mol. The molecular formula is C18H19F3N2OS. The fraction of sp³-hybridized carbons (Fsp3) is 0.278. The molecule has 1 amide bonds. The van der Waals surface area contributed by atoms with Gasteiger partial charge in [-0.25, -0.2) is 0 Å². The number of halogens is 3. The lowest BCUT2D eigenvalue weighted by Gasteiger charge is -2.24. The maximum absolute atomic E-state index is 13.3. The molecule has 2 rings (SSSR count). The SMILES string of the molecule is CSc1ccc(-c2ccc(C(NC(C)C(N)=O)C(F)(F)F)cc2)cc1. The maximum atomic E-state index is 13.3. The predicted octanol–water partition coefficient (Wildman–Crippen LogP) is 4.14. The number of benzene rings is 2. The van der Waals surface area contributed by atoms with E-state index in [4.69, 9.17) is 5.73 Å². The molecule has 2 aromatic carbocycles. The van der Waals surface area contributed by atoms with Crippen LogP contribution in [-0.4, -0.2) is 24.4 Å². The fourth-order valence-electron chi connectivity index (χ4n) is 2.36. The van der Waals surface area contributed by atoms with Crippen molar-refractivity contribution in [2.75, 3.05) is 6.26 Å². The van der Waals surface area contributed by atoms with E-state index >= 15 is 0 Å². The molecule has 7 heteroatoms. The lowest BCUT2D eigenvalue weighted by atomic mass is 10.00. The van der Waals surface area contributed by atoms with Gasteiger partial charge in [0.1, 0.15) is 6.04 Å². The van der Waals surface area contributed by atoms with Crippen molar-refractivity contribution in [3.05, 3.63) is 54.1 Å². The van der Waals surface area contributed by atoms with Gasteiger partial charge in [-0.15, -0.1) is 11.8 Å². The first-order valence-corrected chi connectivity index (χ1v) is 8.81. The number of carbonyl (C=O) groups is 1. The van der Waals surface area contributed by atoms with Gasteiger partial charge in [-0.05, 0) is 42.0 Å². The lowest BCUT2D eigenvalue weighted by molar-refractivity contribution is -0.160. The highest BCUT2D eigenvalue weighted by atomic mass is 32.2. The number of primary amides is 1. The van der Waals surface area contributed by atoms with Gasteiger partial charge >= 0.3 is 6.18 Å². The number of carbonyl (C=O) groups excluding carboxylic acids is 1. The average molecular weight is 368 g/mol. The fourth-order valence-corrected chi connectivity index (χ4v) is 2.77. The Kier molecular flexibility index (Phi) is 6.13. The van der Waals surface area contributed by atoms with E-state index in [-0.39, 0.29) is 5.56 Å². The third kappa shape index (κ3) is 4.99. The Labute approximate surface area is 148 Å². The zero-order valence-electron chi connectivity index (χ0n) is 13.8. The first-order chi connectivity index (χ1) is 11.7. The molecule has 2 atom stereocenters. The van der Waals surface area contributed by atoms with Crippen LogP contribution in [-0.2, 0) is 4.79 Å². The van der Waals surface area contributed by atoms with Crippen molar-refractivity contribution in [1.82, 2.24) is 5.32 Å². The van der Waals surface area contributed by atoms with Gasteiger partial charge in [-0.1, -0.05) is 36.4 Å². The molecule has 0 spiro atoms. The number of alkyl halides is 3. The highest BCUT2D eigenvalue weighted by Gasteiger charge is 2.41. The van der Waals surface area contributed by atoms with E-state index in [0.29, 0.717) is 0 Å². The molecule has 0 saturated heterocycles. The Hall–Kier alpha value is -1.99. The van der Waals surface area contributed by atoms with Crippen molar-refractivity contribution in [3.63, 3.8) is 0 Å². The molecule has 0 aromatic heterocycles. The minimum Gasteiger partial charge on any atom is -0.368 e. The molecule has 134 valence electrons. The maximum Gasteiger partial charge on any atom is 0.407 e. The van der Waals surface area contributed by atoms with E-state index in [1.807, 2.05) is 30.5 Å². The number of hydrogen-bond donors (Lipinski definition) is 2. The van der Waals surface area contributed by atoms with Crippen molar-refractivity contribution in [2.45, 2.75) is 30.1 Å². The number of nitrogens with one attached hydrogen (secondary N) is 1. The normalized spacial score (nSPS) is 14.1. The molecule has 2 unspecified atom stereocenters. The number of hydrogen-bond acceptors (Lipinski definition) is 3. The van der Waals surface area contributed by atoms with Crippen LogP contribution in [0.5, 0.6) is 0 Å². The standard InChI is InChI=1S/C18H19F3N2OS/c1-11(17(22)24)23-16(18(19,20)21)14-5-3-12(4-6-14)13-7-9-15(25-2)10-8-13/h3-11,16,23H,1-2H3,(H2,22,24). The number of nitrogens with two attached hydrogens (primary N) is 1. The summed E-state index contributed by atoms with van der Waals surface area (Å²) in [6.45, 7) is 1.31. The minimum absolute atomic E-state index is 0.0325. The summed E-state index contributed by atoms with van der Waals surface area (Å²) in [6, 6.07) is 10.8. The molecule has 0 aliphatic carbocycles. The van der Waals surface area contributed by atoms with E-state index in [1.54, 1.807) is 23.9 Å². The van der Waals surface area contributed by atoms with Gasteiger partial charge in [0.15, 0.2) is 0 Å². The van der Waals surface area contributed by atoms with Crippen LogP contribution in [0.25, 0.3) is 11.1 Å². The number of rotatable bonds is 6. The van der Waals surface area contributed by atoms with Crippen LogP contribution in [0, 0.1) is 0 Å². The Morgan fingerprint density at radius 2 is 1.52 bits per heavy atom. The largest absolute Gasteiger partial charge is 0.407 e. The minimum atomic E-state index is -4.54. The Balaban J connectivity index is 2.26. The highest BCUT2D eigenvalue weighted by Crippen LogP contribution is 2.34. The van der Waals surface area contributed by atoms with E-state index in [1.165, 1.54) is 19.1 Å². The zero-order valence-corrected chi connectivity index (χ0v) is 14.6. The average Bonchev–Trinajstić information content (AvgIpc) is 2.58. The topological polar surface area (TPSA) is 55.1 Å². The van der Waals surface area contributed by atoms with Gasteiger partial charge in [0.2, 0.25) is 5.91 Å². The molecule has 0 heterocycles. The molecule has 0 aliphatic heterocycles. The molecule has 2 aromatic rings. The summed E-state index contributed by atoms with van der Waals surface area (Å²) in [5, 5.41) is 2.24. The summed E-state index contributed by atoms with van der Waals surface area (Å²) >= 11 is 1.62. The molecule has 0 bridgehead atoms.